The molecule has 2 nitrogen and oxygen atoms in total. The Hall–Kier alpha value is -1.23. The van der Waals surface area contributed by atoms with Crippen LogP contribution in [0.5, 0.6) is 0 Å². The van der Waals surface area contributed by atoms with Crippen LogP contribution >= 0.6 is 15.9 Å². The number of nitrogens with two attached hydrogens (primary N) is 1. The predicted molar refractivity (Wildman–Crippen MR) is 73.5 cm³/mol. The molecule has 0 saturated carbocycles. The van der Waals surface area contributed by atoms with Crippen LogP contribution in [0.25, 0.3) is 0 Å². The van der Waals surface area contributed by atoms with Gasteiger partial charge < -0.3 is 5.73 Å². The maximum atomic E-state index is 8.85. The Morgan fingerprint density at radius 3 is 2.44 bits per heavy atom. The van der Waals surface area contributed by atoms with Gasteiger partial charge in [0.05, 0.1) is 17.3 Å². The van der Waals surface area contributed by atoms with Gasteiger partial charge in [0.1, 0.15) is 8.07 Å². The fraction of sp³-hybridized carbons (Fsp3) is 0.250. The third-order valence-electron chi connectivity index (χ3n) is 1.83. The largest absolute Gasteiger partial charge is 0.397 e. The molecule has 0 aliphatic carbocycles. The van der Waals surface area contributed by atoms with Gasteiger partial charge in [0.25, 0.3) is 0 Å². The smallest absolute Gasteiger partial charge is 0.129 e. The van der Waals surface area contributed by atoms with Crippen LogP contribution in [-0.4, -0.2) is 8.07 Å². The molecule has 1 aromatic carbocycles. The van der Waals surface area contributed by atoms with Crippen molar-refractivity contribution in [1.82, 2.24) is 0 Å². The van der Waals surface area contributed by atoms with Crippen LogP contribution < -0.4 is 5.73 Å². The monoisotopic (exact) mass is 292 g/mol. The minimum atomic E-state index is -1.42. The quantitative estimate of drug-likeness (QED) is 0.454. The van der Waals surface area contributed by atoms with E-state index in [1.165, 1.54) is 0 Å². The molecule has 0 unspecified atom stereocenters. The molecule has 0 radical (unpaired) electrons. The van der Waals surface area contributed by atoms with Gasteiger partial charge >= 0.3 is 0 Å². The third-order valence-corrected chi connectivity index (χ3v) is 3.36. The Morgan fingerprint density at radius 2 is 1.94 bits per heavy atom. The number of nitrogens with zero attached hydrogens (tertiary/aromatic N) is 1. The summed E-state index contributed by atoms with van der Waals surface area (Å²) in [5, 5.41) is 8.85. The first kappa shape index (κ1) is 12.8. The van der Waals surface area contributed by atoms with Gasteiger partial charge in [0.15, 0.2) is 0 Å². The van der Waals surface area contributed by atoms with Crippen molar-refractivity contribution in [1.29, 1.82) is 5.26 Å². The minimum absolute atomic E-state index is 0.570. The Labute approximate surface area is 106 Å². The lowest BCUT2D eigenvalue weighted by atomic mass is 10.1. The van der Waals surface area contributed by atoms with E-state index in [9.17, 15) is 0 Å². The summed E-state index contributed by atoms with van der Waals surface area (Å²) in [6.07, 6.45) is 0. The molecule has 1 rings (SSSR count). The Balaban J connectivity index is 3.28. The fourth-order valence-electron chi connectivity index (χ4n) is 1.04. The Bertz CT molecular complexity index is 513. The molecule has 0 saturated heterocycles. The molecule has 0 amide bonds. The lowest BCUT2D eigenvalue weighted by Gasteiger charge is -2.05. The molecule has 1 aromatic rings. The van der Waals surface area contributed by atoms with Gasteiger partial charge in [0.2, 0.25) is 0 Å². The first-order valence-electron chi connectivity index (χ1n) is 4.86. The highest BCUT2D eigenvalue weighted by Gasteiger charge is 2.09. The first-order chi connectivity index (χ1) is 7.33. The lowest BCUT2D eigenvalue weighted by Crippen LogP contribution is -2.16. The van der Waals surface area contributed by atoms with Crippen molar-refractivity contribution in [3.8, 4) is 17.5 Å². The van der Waals surface area contributed by atoms with Crippen molar-refractivity contribution in [2.75, 3.05) is 5.73 Å². The average Bonchev–Trinajstić information content (AvgIpc) is 2.18. The lowest BCUT2D eigenvalue weighted by molar-refractivity contribution is 1.46. The van der Waals surface area contributed by atoms with E-state index in [1.54, 1.807) is 12.1 Å². The maximum Gasteiger partial charge on any atom is 0.129 e. The molecule has 0 fully saturated rings. The Kier molecular flexibility index (Phi) is 3.80. The molecule has 0 atom stereocenters. The molecule has 4 heteroatoms. The molecule has 0 aliphatic heterocycles. The summed E-state index contributed by atoms with van der Waals surface area (Å²) < 4.78 is 0.728. The van der Waals surface area contributed by atoms with Gasteiger partial charge in [-0.1, -0.05) is 25.6 Å². The third kappa shape index (κ3) is 3.41. The van der Waals surface area contributed by atoms with Crippen molar-refractivity contribution in [3.05, 3.63) is 27.7 Å². The standard InChI is InChI=1S/C12H13BrN2Si/c1-16(2,3)5-4-10-6-9(8-14)7-11(13)12(10)15/h6-7H,15H2,1-3H3. The van der Waals surface area contributed by atoms with E-state index in [0.717, 1.165) is 10.0 Å². The highest BCUT2D eigenvalue weighted by Crippen LogP contribution is 2.24. The van der Waals surface area contributed by atoms with E-state index in [0.29, 0.717) is 11.3 Å². The molecule has 82 valence electrons. The number of anilines is 1. The van der Waals surface area contributed by atoms with Gasteiger partial charge in [0, 0.05) is 10.0 Å². The normalized spacial score (nSPS) is 10.2. The molecule has 2 N–H and O–H groups in total. The van der Waals surface area contributed by atoms with Gasteiger partial charge in [-0.3, -0.25) is 0 Å². The van der Waals surface area contributed by atoms with Crippen LogP contribution in [0, 0.1) is 22.8 Å². The van der Waals surface area contributed by atoms with Crippen molar-refractivity contribution < 1.29 is 0 Å². The van der Waals surface area contributed by atoms with Crippen LogP contribution in [0.2, 0.25) is 19.6 Å². The van der Waals surface area contributed by atoms with E-state index in [1.807, 2.05) is 0 Å². The second kappa shape index (κ2) is 4.74. The van der Waals surface area contributed by atoms with Gasteiger partial charge in [-0.05, 0) is 28.1 Å². The van der Waals surface area contributed by atoms with E-state index in [4.69, 9.17) is 11.0 Å². The SMILES string of the molecule is C[Si](C)(C)C#Cc1cc(C#N)cc(Br)c1N. The summed E-state index contributed by atoms with van der Waals surface area (Å²) in [5.41, 5.74) is 11.0. The predicted octanol–water partition coefficient (Wildman–Crippen LogP) is 3.13. The van der Waals surface area contributed by atoms with E-state index < -0.39 is 8.07 Å². The van der Waals surface area contributed by atoms with Gasteiger partial charge in [-0.2, -0.15) is 5.26 Å². The van der Waals surface area contributed by atoms with Gasteiger partial charge in [-0.25, -0.2) is 0 Å². The number of nitrogen functional groups attached to an aromatic ring is 1. The summed E-state index contributed by atoms with van der Waals surface area (Å²) in [5.74, 6) is 3.07. The summed E-state index contributed by atoms with van der Waals surface area (Å²) in [6.45, 7) is 6.50. The summed E-state index contributed by atoms with van der Waals surface area (Å²) in [4.78, 5) is 0. The summed E-state index contributed by atoms with van der Waals surface area (Å²) >= 11 is 3.33. The summed E-state index contributed by atoms with van der Waals surface area (Å²) in [7, 11) is -1.42. The second-order valence-electron chi connectivity index (χ2n) is 4.53. The Morgan fingerprint density at radius 1 is 1.31 bits per heavy atom. The van der Waals surface area contributed by atoms with E-state index >= 15 is 0 Å². The summed E-state index contributed by atoms with van der Waals surface area (Å²) in [6, 6.07) is 5.52. The van der Waals surface area contributed by atoms with Crippen molar-refractivity contribution in [2.24, 2.45) is 0 Å². The zero-order valence-electron chi connectivity index (χ0n) is 9.56. The average molecular weight is 293 g/mol. The zero-order chi connectivity index (χ0) is 12.3. The number of hydrogen-bond donors (Lipinski definition) is 1. The number of halogens is 1. The fourth-order valence-corrected chi connectivity index (χ4v) is 2.01. The van der Waals surface area contributed by atoms with Crippen LogP contribution in [0.4, 0.5) is 5.69 Å². The van der Waals surface area contributed by atoms with Crippen LogP contribution in [0.15, 0.2) is 16.6 Å². The van der Waals surface area contributed by atoms with Crippen LogP contribution in [-0.2, 0) is 0 Å². The van der Waals surface area contributed by atoms with Gasteiger partial charge in [-0.15, -0.1) is 5.54 Å². The minimum Gasteiger partial charge on any atom is -0.397 e. The number of hydrogen-bond acceptors (Lipinski definition) is 2. The number of nitriles is 1. The molecule has 0 aromatic heterocycles. The topological polar surface area (TPSA) is 49.8 Å². The number of rotatable bonds is 0. The van der Waals surface area contributed by atoms with Crippen molar-refractivity contribution >= 4 is 29.7 Å². The second-order valence-corrected chi connectivity index (χ2v) is 10.1. The highest BCUT2D eigenvalue weighted by molar-refractivity contribution is 9.10. The molecular weight excluding hydrogens is 280 g/mol. The van der Waals surface area contributed by atoms with E-state index in [2.05, 4.69) is 53.1 Å². The molecule has 0 heterocycles. The molecule has 0 aliphatic rings. The van der Waals surface area contributed by atoms with E-state index in [-0.39, 0.29) is 0 Å². The molecule has 0 spiro atoms. The van der Waals surface area contributed by atoms with Crippen LogP contribution in [0.3, 0.4) is 0 Å². The van der Waals surface area contributed by atoms with Crippen molar-refractivity contribution in [3.63, 3.8) is 0 Å². The van der Waals surface area contributed by atoms with Crippen molar-refractivity contribution in [2.45, 2.75) is 19.6 Å². The molecular formula is C12H13BrN2Si. The number of benzene rings is 1. The maximum absolute atomic E-state index is 8.85. The first-order valence-corrected chi connectivity index (χ1v) is 9.15. The highest BCUT2D eigenvalue weighted by atomic mass is 79.9. The zero-order valence-corrected chi connectivity index (χ0v) is 12.1. The molecule has 16 heavy (non-hydrogen) atoms. The van der Waals surface area contributed by atoms with Crippen LogP contribution in [0.1, 0.15) is 11.1 Å². The molecule has 0 bridgehead atoms.